The molecule has 2 aliphatic rings. The highest BCUT2D eigenvalue weighted by Crippen LogP contribution is 2.41. The molecule has 9 nitrogen and oxygen atoms in total. The maximum Gasteiger partial charge on any atom is 0.319 e. The van der Waals surface area contributed by atoms with Crippen molar-refractivity contribution in [2.45, 2.75) is 44.2 Å². The predicted molar refractivity (Wildman–Crippen MR) is 123 cm³/mol. The molecular weight excluding hydrogens is 430 g/mol. The van der Waals surface area contributed by atoms with E-state index in [4.69, 9.17) is 9.72 Å². The van der Waals surface area contributed by atoms with Crippen LogP contribution in [0.2, 0.25) is 0 Å². The quantitative estimate of drug-likeness (QED) is 0.707. The number of amides is 2. The van der Waals surface area contributed by atoms with Gasteiger partial charge >= 0.3 is 6.03 Å². The molecule has 0 bridgehead atoms. The molecule has 4 rings (SSSR count). The number of fused-ring (bicyclic) bond motifs is 1. The summed E-state index contributed by atoms with van der Waals surface area (Å²) in [4.78, 5) is 23.5. The number of nitrogens with zero attached hydrogens (tertiary/aromatic N) is 3. The third-order valence-corrected chi connectivity index (χ3v) is 7.99. The molecule has 0 radical (unpaired) electrons. The lowest BCUT2D eigenvalue weighted by Crippen LogP contribution is -2.46. The van der Waals surface area contributed by atoms with E-state index in [1.807, 2.05) is 19.1 Å². The van der Waals surface area contributed by atoms with Crippen LogP contribution in [-0.2, 0) is 20.3 Å². The van der Waals surface area contributed by atoms with Crippen molar-refractivity contribution in [3.8, 4) is 11.4 Å². The maximum absolute atomic E-state index is 12.7. The fraction of sp³-hybridized carbons (Fsp3) is 0.500. The average Bonchev–Trinajstić information content (AvgIpc) is 3.02. The molecule has 2 unspecified atom stereocenters. The van der Waals surface area contributed by atoms with Crippen molar-refractivity contribution in [3.05, 3.63) is 35.5 Å². The molecule has 1 aromatic carbocycles. The van der Waals surface area contributed by atoms with Gasteiger partial charge in [-0.15, -0.1) is 0 Å². The molecule has 2 N–H and O–H groups in total. The molecule has 2 atom stereocenters. The van der Waals surface area contributed by atoms with Gasteiger partial charge in [-0.05, 0) is 44.5 Å². The number of hydrogen-bond donors (Lipinski definition) is 2. The number of anilines is 2. The normalized spacial score (nSPS) is 21.8. The monoisotopic (exact) mass is 459 g/mol. The van der Waals surface area contributed by atoms with Gasteiger partial charge in [0.1, 0.15) is 11.1 Å². The van der Waals surface area contributed by atoms with E-state index in [1.165, 1.54) is 0 Å². The largest absolute Gasteiger partial charge is 0.377 e. The zero-order valence-electron chi connectivity index (χ0n) is 18.6. The summed E-state index contributed by atoms with van der Waals surface area (Å²) in [5.41, 5.74) is 2.69. The molecule has 32 heavy (non-hydrogen) atoms. The third-order valence-electron chi connectivity index (χ3n) is 6.00. The third kappa shape index (κ3) is 4.29. The predicted octanol–water partition coefficient (Wildman–Crippen LogP) is 2.89. The fourth-order valence-corrected chi connectivity index (χ4v) is 5.60. The van der Waals surface area contributed by atoms with E-state index in [9.17, 15) is 13.2 Å². The number of nitrogens with one attached hydrogen (secondary N) is 2. The summed E-state index contributed by atoms with van der Waals surface area (Å²) >= 11 is 0. The van der Waals surface area contributed by atoms with E-state index in [0.717, 1.165) is 12.0 Å². The van der Waals surface area contributed by atoms with Crippen LogP contribution in [-0.4, -0.2) is 56.8 Å². The summed E-state index contributed by atoms with van der Waals surface area (Å²) in [6.45, 7) is 8.00. The second kappa shape index (κ2) is 9.03. The molecule has 3 heterocycles. The molecule has 0 saturated carbocycles. The highest BCUT2D eigenvalue weighted by atomic mass is 32.2. The summed E-state index contributed by atoms with van der Waals surface area (Å²) < 4.78 is 31.0. The number of urea groups is 1. The summed E-state index contributed by atoms with van der Waals surface area (Å²) in [6, 6.07) is 7.09. The Morgan fingerprint density at radius 2 is 1.97 bits per heavy atom. The number of morpholine rings is 1. The van der Waals surface area contributed by atoms with Gasteiger partial charge in [0.05, 0.1) is 30.7 Å². The van der Waals surface area contributed by atoms with Crippen LogP contribution in [0.4, 0.5) is 16.3 Å². The van der Waals surface area contributed by atoms with Gasteiger partial charge in [0.2, 0.25) is 0 Å². The smallest absolute Gasteiger partial charge is 0.319 e. The SMILES string of the molecule is CCNC(=O)Nc1ccc(-c2nc3c(c(N4CCOCC4CC)n2)CS(=O)(=O)C3C)cc1. The van der Waals surface area contributed by atoms with E-state index >= 15 is 0 Å². The number of carbonyl (C=O) groups excluding carboxylic acids is 1. The zero-order chi connectivity index (χ0) is 22.9. The Labute approximate surface area is 188 Å². The Balaban J connectivity index is 1.74. The second-order valence-corrected chi connectivity index (χ2v) is 10.4. The molecule has 10 heteroatoms. The van der Waals surface area contributed by atoms with E-state index in [1.54, 1.807) is 19.1 Å². The van der Waals surface area contributed by atoms with Crippen molar-refractivity contribution in [3.63, 3.8) is 0 Å². The number of carbonyl (C=O) groups is 1. The van der Waals surface area contributed by atoms with Crippen LogP contribution in [0.5, 0.6) is 0 Å². The average molecular weight is 460 g/mol. The van der Waals surface area contributed by atoms with Crippen molar-refractivity contribution in [1.82, 2.24) is 15.3 Å². The van der Waals surface area contributed by atoms with Gasteiger partial charge in [-0.2, -0.15) is 0 Å². The zero-order valence-corrected chi connectivity index (χ0v) is 19.4. The Hall–Kier alpha value is -2.72. The number of benzene rings is 1. The van der Waals surface area contributed by atoms with Crippen molar-refractivity contribution < 1.29 is 17.9 Å². The van der Waals surface area contributed by atoms with Crippen molar-refractivity contribution in [2.75, 3.05) is 36.5 Å². The first-order valence-electron chi connectivity index (χ1n) is 11.0. The van der Waals surface area contributed by atoms with Gasteiger partial charge in [-0.1, -0.05) is 6.92 Å². The van der Waals surface area contributed by atoms with Crippen molar-refractivity contribution in [2.24, 2.45) is 0 Å². The molecule has 2 aromatic rings. The fourth-order valence-electron chi connectivity index (χ4n) is 4.14. The Morgan fingerprint density at radius 1 is 1.22 bits per heavy atom. The minimum Gasteiger partial charge on any atom is -0.377 e. The molecule has 1 saturated heterocycles. The standard InChI is InChI=1S/C22H29N5O4S/c1-4-17-12-31-11-10-27(17)21-18-13-32(29,30)14(3)19(18)25-20(26-21)15-6-8-16(9-7-15)24-22(28)23-5-2/h6-9,14,17H,4-5,10-13H2,1-3H3,(H2,23,24,28). The van der Waals surface area contributed by atoms with Gasteiger partial charge in [0.25, 0.3) is 0 Å². The van der Waals surface area contributed by atoms with E-state index in [-0.39, 0.29) is 17.8 Å². The Bertz CT molecular complexity index is 1100. The maximum atomic E-state index is 12.7. The van der Waals surface area contributed by atoms with Gasteiger partial charge < -0.3 is 20.3 Å². The van der Waals surface area contributed by atoms with Gasteiger partial charge in [-0.25, -0.2) is 23.2 Å². The topological polar surface area (TPSA) is 114 Å². The molecule has 2 aliphatic heterocycles. The first kappa shape index (κ1) is 22.5. The van der Waals surface area contributed by atoms with Crippen LogP contribution in [0.15, 0.2) is 24.3 Å². The van der Waals surface area contributed by atoms with E-state index in [0.29, 0.717) is 54.9 Å². The molecule has 0 aliphatic carbocycles. The Morgan fingerprint density at radius 3 is 2.66 bits per heavy atom. The number of aromatic nitrogens is 2. The number of hydrogen-bond acceptors (Lipinski definition) is 7. The van der Waals surface area contributed by atoms with Gasteiger partial charge in [0, 0.05) is 29.9 Å². The van der Waals surface area contributed by atoms with Crippen LogP contribution in [0, 0.1) is 0 Å². The highest BCUT2D eigenvalue weighted by Gasteiger charge is 2.39. The summed E-state index contributed by atoms with van der Waals surface area (Å²) in [7, 11) is -3.31. The summed E-state index contributed by atoms with van der Waals surface area (Å²) in [5.74, 6) is 1.13. The lowest BCUT2D eigenvalue weighted by Gasteiger charge is -2.37. The summed E-state index contributed by atoms with van der Waals surface area (Å²) in [5, 5.41) is 4.78. The summed E-state index contributed by atoms with van der Waals surface area (Å²) in [6.07, 6.45) is 0.872. The second-order valence-electron chi connectivity index (χ2n) is 8.08. The molecule has 1 fully saturated rings. The Kier molecular flexibility index (Phi) is 6.34. The van der Waals surface area contributed by atoms with Crippen LogP contribution in [0.1, 0.15) is 43.7 Å². The first-order chi connectivity index (χ1) is 15.3. The lowest BCUT2D eigenvalue weighted by molar-refractivity contribution is 0.0925. The molecule has 172 valence electrons. The van der Waals surface area contributed by atoms with Crippen LogP contribution >= 0.6 is 0 Å². The lowest BCUT2D eigenvalue weighted by atomic mass is 10.1. The van der Waals surface area contributed by atoms with Crippen LogP contribution in [0.3, 0.4) is 0 Å². The van der Waals surface area contributed by atoms with E-state index in [2.05, 4.69) is 27.4 Å². The number of sulfone groups is 1. The van der Waals surface area contributed by atoms with Crippen LogP contribution < -0.4 is 15.5 Å². The van der Waals surface area contributed by atoms with E-state index < -0.39 is 15.1 Å². The van der Waals surface area contributed by atoms with Gasteiger partial charge in [0.15, 0.2) is 15.7 Å². The highest BCUT2D eigenvalue weighted by molar-refractivity contribution is 7.91. The minimum absolute atomic E-state index is 0.0394. The molecule has 2 amide bonds. The van der Waals surface area contributed by atoms with Gasteiger partial charge in [-0.3, -0.25) is 0 Å². The van der Waals surface area contributed by atoms with Crippen molar-refractivity contribution >= 4 is 27.4 Å². The molecule has 0 spiro atoms. The number of ether oxygens (including phenoxy) is 1. The van der Waals surface area contributed by atoms with Crippen molar-refractivity contribution in [1.29, 1.82) is 0 Å². The molecular formula is C22H29N5O4S. The number of rotatable bonds is 5. The molecule has 1 aromatic heterocycles. The van der Waals surface area contributed by atoms with Crippen LogP contribution in [0.25, 0.3) is 11.4 Å². The first-order valence-corrected chi connectivity index (χ1v) is 12.7. The minimum atomic E-state index is -3.31.